The number of pyridine rings is 1. The van der Waals surface area contributed by atoms with Crippen molar-refractivity contribution in [3.63, 3.8) is 0 Å². The first-order chi connectivity index (χ1) is 12.9. The minimum Gasteiger partial charge on any atom is -0.455 e. The van der Waals surface area contributed by atoms with Crippen LogP contribution in [0.4, 0.5) is 0 Å². The maximum Gasteiger partial charge on any atom is 0.228 e. The third kappa shape index (κ3) is 2.16. The fraction of sp³-hybridized carbons (Fsp3) is 0.240. The van der Waals surface area contributed by atoms with Crippen molar-refractivity contribution in [3.05, 3.63) is 65.9 Å². The van der Waals surface area contributed by atoms with Crippen LogP contribution in [0.1, 0.15) is 31.9 Å². The lowest BCUT2D eigenvalue weighted by Crippen LogP contribution is -2.32. The van der Waals surface area contributed by atoms with Crippen LogP contribution in [0.15, 0.2) is 54.7 Å². The Bertz CT molecular complexity index is 1250. The molecule has 0 aliphatic carbocycles. The molecular weight excluding hydrogens is 330 g/mol. The number of nitrogens with zero attached hydrogens (tertiary/aromatic N) is 1. The number of hydrogen-bond acceptors (Lipinski definition) is 1. The van der Waals surface area contributed by atoms with Gasteiger partial charge < -0.3 is 4.74 Å². The summed E-state index contributed by atoms with van der Waals surface area (Å²) in [6.07, 6.45) is 2.15. The second-order valence-electron chi connectivity index (χ2n) is 8.60. The van der Waals surface area contributed by atoms with Crippen LogP contribution in [-0.4, -0.2) is 0 Å². The minimum atomic E-state index is -0.0316. The number of aromatic nitrogens is 1. The van der Waals surface area contributed by atoms with E-state index >= 15 is 0 Å². The molecule has 0 spiro atoms. The molecular formula is C25H24NO+. The molecule has 3 aromatic carbocycles. The zero-order valence-electron chi connectivity index (χ0n) is 16.6. The third-order valence-electron chi connectivity index (χ3n) is 5.75. The molecule has 0 unspecified atom stereocenters. The summed E-state index contributed by atoms with van der Waals surface area (Å²) >= 11 is 0. The largest absolute Gasteiger partial charge is 0.455 e. The van der Waals surface area contributed by atoms with Crippen molar-refractivity contribution in [3.8, 4) is 22.8 Å². The second-order valence-corrected chi connectivity index (χ2v) is 8.60. The molecule has 4 aromatic rings. The topological polar surface area (TPSA) is 13.1 Å². The normalized spacial score (nSPS) is 12.9. The van der Waals surface area contributed by atoms with Crippen LogP contribution in [0.3, 0.4) is 0 Å². The molecule has 1 aromatic heterocycles. The molecule has 0 saturated carbocycles. The van der Waals surface area contributed by atoms with Gasteiger partial charge in [-0.3, -0.25) is 0 Å². The Kier molecular flexibility index (Phi) is 3.22. The van der Waals surface area contributed by atoms with E-state index in [4.69, 9.17) is 4.74 Å². The molecule has 0 saturated heterocycles. The zero-order valence-corrected chi connectivity index (χ0v) is 16.6. The highest BCUT2D eigenvalue weighted by molar-refractivity contribution is 6.06. The molecule has 0 radical (unpaired) electrons. The van der Waals surface area contributed by atoms with Gasteiger partial charge in [0.1, 0.15) is 18.5 Å². The summed E-state index contributed by atoms with van der Waals surface area (Å²) in [5.41, 5.74) is 5.01. The van der Waals surface area contributed by atoms with Crippen LogP contribution in [-0.2, 0) is 12.5 Å². The van der Waals surface area contributed by atoms with Gasteiger partial charge in [-0.15, -0.1) is 0 Å². The molecule has 1 aliphatic heterocycles. The lowest BCUT2D eigenvalue weighted by Gasteiger charge is -2.30. The SMILES string of the molecule is Cc1c2c(c(C(C)(C)C)c3ccccc13)Oc1cccc3cc[n+](C)c-2c13. The fourth-order valence-electron chi connectivity index (χ4n) is 4.59. The number of rotatable bonds is 0. The zero-order chi connectivity index (χ0) is 18.9. The van der Waals surface area contributed by atoms with E-state index in [1.165, 1.54) is 43.9 Å². The molecule has 1 aliphatic rings. The van der Waals surface area contributed by atoms with E-state index < -0.39 is 0 Å². The third-order valence-corrected chi connectivity index (χ3v) is 5.75. The summed E-state index contributed by atoms with van der Waals surface area (Å²) in [6.45, 7) is 9.04. The molecule has 0 amide bonds. The highest BCUT2D eigenvalue weighted by Gasteiger charge is 2.35. The van der Waals surface area contributed by atoms with Crippen molar-refractivity contribution in [2.45, 2.75) is 33.1 Å². The summed E-state index contributed by atoms with van der Waals surface area (Å²) in [5.74, 6) is 1.96. The van der Waals surface area contributed by atoms with E-state index in [-0.39, 0.29) is 5.41 Å². The lowest BCUT2D eigenvalue weighted by molar-refractivity contribution is -0.659. The number of fused-ring (bicyclic) bond motifs is 3. The Morgan fingerprint density at radius 2 is 1.63 bits per heavy atom. The molecule has 27 heavy (non-hydrogen) atoms. The molecule has 0 N–H and O–H groups in total. The van der Waals surface area contributed by atoms with Crippen molar-refractivity contribution in [2.24, 2.45) is 7.05 Å². The van der Waals surface area contributed by atoms with Gasteiger partial charge in [0, 0.05) is 11.6 Å². The van der Waals surface area contributed by atoms with Gasteiger partial charge >= 0.3 is 0 Å². The smallest absolute Gasteiger partial charge is 0.228 e. The number of aryl methyl sites for hydroxylation is 2. The van der Waals surface area contributed by atoms with Gasteiger partial charge in [-0.05, 0) is 40.1 Å². The number of benzene rings is 3. The first kappa shape index (κ1) is 16.3. The minimum absolute atomic E-state index is 0.0316. The average molecular weight is 354 g/mol. The van der Waals surface area contributed by atoms with Crippen molar-refractivity contribution >= 4 is 21.5 Å². The standard InChI is InChI=1S/C25H24NO/c1-15-17-10-6-7-11-18(17)22(25(2,3)4)24-20(15)23-21-16(13-14-26(23)5)9-8-12-19(21)27-24/h6-14H,1-5H3/q+1. The van der Waals surface area contributed by atoms with Crippen molar-refractivity contribution in [1.29, 1.82) is 0 Å². The van der Waals surface area contributed by atoms with Gasteiger partial charge in [0.2, 0.25) is 5.69 Å². The van der Waals surface area contributed by atoms with Gasteiger partial charge in [-0.25, -0.2) is 4.57 Å². The van der Waals surface area contributed by atoms with Gasteiger partial charge in [0.15, 0.2) is 6.20 Å². The first-order valence-corrected chi connectivity index (χ1v) is 9.53. The van der Waals surface area contributed by atoms with Gasteiger partial charge in [0.25, 0.3) is 0 Å². The maximum atomic E-state index is 6.64. The van der Waals surface area contributed by atoms with Crippen molar-refractivity contribution in [1.82, 2.24) is 0 Å². The molecule has 0 bridgehead atoms. The molecule has 0 atom stereocenters. The predicted molar refractivity (Wildman–Crippen MR) is 112 cm³/mol. The van der Waals surface area contributed by atoms with Crippen LogP contribution in [0.25, 0.3) is 32.8 Å². The van der Waals surface area contributed by atoms with E-state index in [0.717, 1.165) is 11.5 Å². The van der Waals surface area contributed by atoms with Gasteiger partial charge in [0.05, 0.1) is 10.9 Å². The van der Waals surface area contributed by atoms with E-state index in [1.807, 2.05) is 0 Å². The van der Waals surface area contributed by atoms with Crippen LogP contribution in [0.2, 0.25) is 0 Å². The van der Waals surface area contributed by atoms with Crippen LogP contribution >= 0.6 is 0 Å². The molecule has 2 heteroatoms. The highest BCUT2D eigenvalue weighted by Crippen LogP contribution is 2.52. The molecule has 134 valence electrons. The van der Waals surface area contributed by atoms with Crippen molar-refractivity contribution in [2.75, 3.05) is 0 Å². The summed E-state index contributed by atoms with van der Waals surface area (Å²) in [6, 6.07) is 17.2. The number of hydrogen-bond donors (Lipinski definition) is 0. The summed E-state index contributed by atoms with van der Waals surface area (Å²) < 4.78 is 8.88. The quantitative estimate of drug-likeness (QED) is 0.302. The van der Waals surface area contributed by atoms with Crippen LogP contribution < -0.4 is 9.30 Å². The molecule has 0 fully saturated rings. The second kappa shape index (κ2) is 5.32. The Morgan fingerprint density at radius 1 is 0.889 bits per heavy atom. The van der Waals surface area contributed by atoms with Crippen LogP contribution in [0.5, 0.6) is 11.5 Å². The van der Waals surface area contributed by atoms with Gasteiger partial charge in [-0.1, -0.05) is 57.2 Å². The average Bonchev–Trinajstić information content (AvgIpc) is 2.63. The Morgan fingerprint density at radius 3 is 2.37 bits per heavy atom. The lowest BCUT2D eigenvalue weighted by atomic mass is 9.78. The molecule has 2 nitrogen and oxygen atoms in total. The van der Waals surface area contributed by atoms with Gasteiger partial charge in [-0.2, -0.15) is 0 Å². The molecule has 5 rings (SSSR count). The highest BCUT2D eigenvalue weighted by atomic mass is 16.5. The Hall–Kier alpha value is -2.87. The van der Waals surface area contributed by atoms with E-state index in [1.54, 1.807) is 0 Å². The monoisotopic (exact) mass is 354 g/mol. The Labute approximate surface area is 160 Å². The Balaban J connectivity index is 2.07. The summed E-state index contributed by atoms with van der Waals surface area (Å²) in [5, 5.41) is 5.01. The van der Waals surface area contributed by atoms with E-state index in [2.05, 4.69) is 94.0 Å². The van der Waals surface area contributed by atoms with E-state index in [9.17, 15) is 0 Å². The number of ether oxygens (including phenoxy) is 1. The van der Waals surface area contributed by atoms with E-state index in [0.29, 0.717) is 0 Å². The molecule has 2 heterocycles. The van der Waals surface area contributed by atoms with Crippen molar-refractivity contribution < 1.29 is 9.30 Å². The maximum absolute atomic E-state index is 6.64. The fourth-order valence-corrected chi connectivity index (χ4v) is 4.59. The summed E-state index contributed by atoms with van der Waals surface area (Å²) in [4.78, 5) is 0. The predicted octanol–water partition coefficient (Wildman–Crippen LogP) is 6.20. The first-order valence-electron chi connectivity index (χ1n) is 9.53. The van der Waals surface area contributed by atoms with Crippen LogP contribution in [0, 0.1) is 6.92 Å². The summed E-state index contributed by atoms with van der Waals surface area (Å²) in [7, 11) is 2.13.